The number of rotatable bonds is 11. The first-order chi connectivity index (χ1) is 21.8. The minimum atomic E-state index is -0.920. The molecule has 0 saturated carbocycles. The number of fused-ring (bicyclic) bond motifs is 1. The van der Waals surface area contributed by atoms with Crippen molar-refractivity contribution >= 4 is 35.0 Å². The molecule has 9 nitrogen and oxygen atoms in total. The fourth-order valence-corrected chi connectivity index (χ4v) is 5.89. The van der Waals surface area contributed by atoms with Crippen LogP contribution in [0.4, 0.5) is 4.39 Å². The highest BCUT2D eigenvalue weighted by Crippen LogP contribution is 2.35. The fourth-order valence-electron chi connectivity index (χ4n) is 4.89. The summed E-state index contributed by atoms with van der Waals surface area (Å²) in [6.45, 7) is 5.66. The Kier molecular flexibility index (Phi) is 9.89. The second kappa shape index (κ2) is 14.2. The minimum Gasteiger partial charge on any atom is -0.490 e. The second-order valence-corrected chi connectivity index (χ2v) is 10.7. The monoisotopic (exact) mass is 630 g/mol. The SMILES string of the molecule is CCOC(=O)COc1ccc(/C=c2\sc3n(c2=O)[C@@H](c2ccc(F)cc2)C(C(=O)OCC)=C(c2ccccc2)N=3)cc1OCC. The zero-order valence-corrected chi connectivity index (χ0v) is 25.8. The van der Waals surface area contributed by atoms with Gasteiger partial charge in [-0.05, 0) is 62.2 Å². The lowest BCUT2D eigenvalue weighted by Crippen LogP contribution is -2.40. The molecule has 0 N–H and O–H groups in total. The molecule has 232 valence electrons. The maximum absolute atomic E-state index is 14.1. The molecule has 0 unspecified atom stereocenters. The Bertz CT molecular complexity index is 1910. The molecule has 2 heterocycles. The summed E-state index contributed by atoms with van der Waals surface area (Å²) in [5, 5.41) is 0. The van der Waals surface area contributed by atoms with Gasteiger partial charge in [-0.2, -0.15) is 0 Å². The van der Waals surface area contributed by atoms with Crippen molar-refractivity contribution in [2.45, 2.75) is 26.8 Å². The average Bonchev–Trinajstić information content (AvgIpc) is 3.35. The van der Waals surface area contributed by atoms with Gasteiger partial charge in [0.2, 0.25) is 0 Å². The molecule has 1 atom stereocenters. The highest BCUT2D eigenvalue weighted by Gasteiger charge is 2.35. The molecule has 0 aliphatic carbocycles. The fraction of sp³-hybridized carbons (Fsp3) is 0.235. The normalized spacial score (nSPS) is 14.4. The number of carbonyl (C=O) groups is 2. The summed E-state index contributed by atoms with van der Waals surface area (Å²) in [6.07, 6.45) is 1.69. The molecule has 0 saturated heterocycles. The summed E-state index contributed by atoms with van der Waals surface area (Å²) in [5.74, 6) is -0.827. The Labute approximate surface area is 262 Å². The molecule has 0 amide bonds. The van der Waals surface area contributed by atoms with E-state index in [1.165, 1.54) is 16.7 Å². The van der Waals surface area contributed by atoms with Gasteiger partial charge in [-0.3, -0.25) is 9.36 Å². The van der Waals surface area contributed by atoms with Gasteiger partial charge in [0.25, 0.3) is 5.56 Å². The van der Waals surface area contributed by atoms with E-state index in [-0.39, 0.29) is 31.0 Å². The Balaban J connectivity index is 1.67. The Hall–Kier alpha value is -5.03. The number of benzene rings is 3. The third kappa shape index (κ3) is 6.88. The van der Waals surface area contributed by atoms with E-state index in [0.29, 0.717) is 49.8 Å². The summed E-state index contributed by atoms with van der Waals surface area (Å²) < 4.78 is 37.5. The van der Waals surface area contributed by atoms with Crippen LogP contribution in [-0.4, -0.2) is 42.9 Å². The molecule has 45 heavy (non-hydrogen) atoms. The maximum atomic E-state index is 14.1. The van der Waals surface area contributed by atoms with Gasteiger partial charge in [-0.15, -0.1) is 0 Å². The van der Waals surface area contributed by atoms with Crippen molar-refractivity contribution in [2.75, 3.05) is 26.4 Å². The maximum Gasteiger partial charge on any atom is 0.344 e. The number of esters is 2. The molecule has 0 bridgehead atoms. The first kappa shape index (κ1) is 31.4. The second-order valence-electron chi connectivity index (χ2n) is 9.72. The molecule has 11 heteroatoms. The number of nitrogens with zero attached hydrogens (tertiary/aromatic N) is 2. The first-order valence-corrected chi connectivity index (χ1v) is 15.2. The third-order valence-electron chi connectivity index (χ3n) is 6.78. The molecular formula is C34H31FN2O7S. The van der Waals surface area contributed by atoms with Crippen LogP contribution in [0.15, 0.2) is 88.2 Å². The summed E-state index contributed by atoms with van der Waals surface area (Å²) in [6, 6.07) is 19.0. The van der Waals surface area contributed by atoms with Gasteiger partial charge in [-0.25, -0.2) is 19.0 Å². The smallest absolute Gasteiger partial charge is 0.344 e. The number of thiazole rings is 1. The molecule has 0 fully saturated rings. The molecular weight excluding hydrogens is 599 g/mol. The van der Waals surface area contributed by atoms with E-state index in [0.717, 1.165) is 11.3 Å². The van der Waals surface area contributed by atoms with Crippen LogP contribution in [0, 0.1) is 5.82 Å². The van der Waals surface area contributed by atoms with Crippen LogP contribution < -0.4 is 24.4 Å². The van der Waals surface area contributed by atoms with Gasteiger partial charge in [0, 0.05) is 5.56 Å². The van der Waals surface area contributed by atoms with Crippen molar-refractivity contribution in [3.05, 3.63) is 121 Å². The number of halogens is 1. The van der Waals surface area contributed by atoms with Crippen LogP contribution in [0.25, 0.3) is 11.8 Å². The lowest BCUT2D eigenvalue weighted by Gasteiger charge is -2.25. The van der Waals surface area contributed by atoms with Crippen LogP contribution >= 0.6 is 11.3 Å². The number of hydrogen-bond donors (Lipinski definition) is 0. The molecule has 0 spiro atoms. The molecule has 5 rings (SSSR count). The van der Waals surface area contributed by atoms with E-state index < -0.39 is 23.8 Å². The number of ether oxygens (including phenoxy) is 4. The van der Waals surface area contributed by atoms with Gasteiger partial charge in [-0.1, -0.05) is 59.9 Å². The quantitative estimate of drug-likeness (QED) is 0.226. The predicted molar refractivity (Wildman–Crippen MR) is 167 cm³/mol. The zero-order valence-electron chi connectivity index (χ0n) is 24.9. The summed E-state index contributed by atoms with van der Waals surface area (Å²) in [7, 11) is 0. The van der Waals surface area contributed by atoms with Gasteiger partial charge in [0.05, 0.1) is 41.7 Å². The number of hydrogen-bond acceptors (Lipinski definition) is 9. The van der Waals surface area contributed by atoms with E-state index in [4.69, 9.17) is 23.9 Å². The van der Waals surface area contributed by atoms with Crippen molar-refractivity contribution in [3.63, 3.8) is 0 Å². The van der Waals surface area contributed by atoms with Crippen molar-refractivity contribution < 1.29 is 32.9 Å². The zero-order chi connectivity index (χ0) is 31.9. The van der Waals surface area contributed by atoms with Crippen LogP contribution in [-0.2, 0) is 19.1 Å². The molecule has 1 aliphatic heterocycles. The van der Waals surface area contributed by atoms with E-state index >= 15 is 0 Å². The van der Waals surface area contributed by atoms with Crippen LogP contribution in [0.5, 0.6) is 11.5 Å². The van der Waals surface area contributed by atoms with Crippen molar-refractivity contribution in [2.24, 2.45) is 4.99 Å². The molecule has 1 aromatic heterocycles. The predicted octanol–water partition coefficient (Wildman–Crippen LogP) is 4.42. The van der Waals surface area contributed by atoms with Crippen molar-refractivity contribution in [3.8, 4) is 11.5 Å². The summed E-state index contributed by atoms with van der Waals surface area (Å²) >= 11 is 1.16. The lowest BCUT2D eigenvalue weighted by molar-refractivity contribution is -0.145. The van der Waals surface area contributed by atoms with E-state index in [2.05, 4.69) is 0 Å². The van der Waals surface area contributed by atoms with Crippen LogP contribution in [0.2, 0.25) is 0 Å². The Morgan fingerprint density at radius 1 is 0.911 bits per heavy atom. The standard InChI is InChI=1S/C34H31FN2O7S/c1-4-41-26-18-21(12-17-25(26)44-20-28(38)42-5-2)19-27-32(39)37-31(23-13-15-24(35)16-14-23)29(33(40)43-6-3)30(36-34(37)45-27)22-10-8-7-9-11-22/h7-19,31H,4-6,20H2,1-3H3/b27-19-/t31-/m0/s1. The van der Waals surface area contributed by atoms with Gasteiger partial charge in [0.1, 0.15) is 5.82 Å². The van der Waals surface area contributed by atoms with Crippen molar-refractivity contribution in [1.29, 1.82) is 0 Å². The Morgan fingerprint density at radius 2 is 1.64 bits per heavy atom. The highest BCUT2D eigenvalue weighted by atomic mass is 32.1. The molecule has 3 aromatic carbocycles. The van der Waals surface area contributed by atoms with E-state index in [1.54, 1.807) is 50.3 Å². The van der Waals surface area contributed by atoms with Crippen LogP contribution in [0.1, 0.15) is 43.5 Å². The highest BCUT2D eigenvalue weighted by molar-refractivity contribution is 7.07. The first-order valence-electron chi connectivity index (χ1n) is 14.4. The number of carbonyl (C=O) groups excluding carboxylic acids is 2. The van der Waals surface area contributed by atoms with Gasteiger partial charge >= 0.3 is 11.9 Å². The largest absolute Gasteiger partial charge is 0.490 e. The van der Waals surface area contributed by atoms with Gasteiger partial charge < -0.3 is 18.9 Å². The summed E-state index contributed by atoms with van der Waals surface area (Å²) in [5.41, 5.74) is 2.00. The van der Waals surface area contributed by atoms with E-state index in [9.17, 15) is 18.8 Å². The third-order valence-corrected chi connectivity index (χ3v) is 7.76. The summed E-state index contributed by atoms with van der Waals surface area (Å²) in [4.78, 5) is 44.6. The van der Waals surface area contributed by atoms with Crippen LogP contribution in [0.3, 0.4) is 0 Å². The van der Waals surface area contributed by atoms with Gasteiger partial charge in [0.15, 0.2) is 22.9 Å². The average molecular weight is 631 g/mol. The minimum absolute atomic E-state index is 0.118. The van der Waals surface area contributed by atoms with E-state index in [1.807, 2.05) is 37.3 Å². The lowest BCUT2D eigenvalue weighted by atomic mass is 9.93. The topological polar surface area (TPSA) is 105 Å². The Morgan fingerprint density at radius 3 is 2.33 bits per heavy atom. The van der Waals surface area contributed by atoms with Crippen molar-refractivity contribution in [1.82, 2.24) is 4.57 Å². The molecule has 0 radical (unpaired) electrons. The molecule has 4 aromatic rings. The molecule has 1 aliphatic rings. The number of aromatic nitrogens is 1.